The normalized spacial score (nSPS) is 11.2. The molecule has 0 radical (unpaired) electrons. The molecule has 24 heavy (non-hydrogen) atoms. The summed E-state index contributed by atoms with van der Waals surface area (Å²) in [7, 11) is 0. The Bertz CT molecular complexity index is 823. The van der Waals surface area contributed by atoms with Crippen LogP contribution in [0.5, 0.6) is 0 Å². The van der Waals surface area contributed by atoms with Gasteiger partial charge in [-0.25, -0.2) is 4.79 Å². The SMILES string of the molecule is CC(C)OC(=O)c1ccc(-c2ccc(C=C(C#N)C(N)=O)o2)cc1. The molecule has 2 rings (SSSR count). The number of carbonyl (C=O) groups excluding carboxylic acids is 2. The van der Waals surface area contributed by atoms with Crippen molar-refractivity contribution in [1.82, 2.24) is 0 Å². The Labute approximate surface area is 139 Å². The van der Waals surface area contributed by atoms with E-state index in [4.69, 9.17) is 20.1 Å². The number of hydrogen-bond acceptors (Lipinski definition) is 5. The minimum absolute atomic E-state index is 0.184. The van der Waals surface area contributed by atoms with Gasteiger partial charge in [-0.15, -0.1) is 0 Å². The molecule has 0 bridgehead atoms. The largest absolute Gasteiger partial charge is 0.459 e. The lowest BCUT2D eigenvalue weighted by Gasteiger charge is -2.07. The van der Waals surface area contributed by atoms with Crippen LogP contribution in [-0.2, 0) is 9.53 Å². The molecule has 6 nitrogen and oxygen atoms in total. The first kappa shape index (κ1) is 17.0. The van der Waals surface area contributed by atoms with Gasteiger partial charge in [-0.2, -0.15) is 5.26 Å². The minimum Gasteiger partial charge on any atom is -0.459 e. The smallest absolute Gasteiger partial charge is 0.338 e. The van der Waals surface area contributed by atoms with E-state index in [9.17, 15) is 9.59 Å². The summed E-state index contributed by atoms with van der Waals surface area (Å²) in [5.41, 5.74) is 6.07. The molecule has 6 heteroatoms. The van der Waals surface area contributed by atoms with E-state index in [1.807, 2.05) is 0 Å². The first-order valence-electron chi connectivity index (χ1n) is 7.23. The molecule has 2 aromatic rings. The molecule has 122 valence electrons. The number of furan rings is 1. The highest BCUT2D eigenvalue weighted by Crippen LogP contribution is 2.24. The number of nitrogens with two attached hydrogens (primary N) is 1. The van der Waals surface area contributed by atoms with Crippen LogP contribution < -0.4 is 5.73 Å². The van der Waals surface area contributed by atoms with Crippen molar-refractivity contribution in [2.45, 2.75) is 20.0 Å². The third-order valence-electron chi connectivity index (χ3n) is 3.05. The summed E-state index contributed by atoms with van der Waals surface area (Å²) >= 11 is 0. The predicted molar refractivity (Wildman–Crippen MR) is 87.5 cm³/mol. The summed E-state index contributed by atoms with van der Waals surface area (Å²) in [4.78, 5) is 22.8. The second kappa shape index (κ2) is 7.29. The predicted octanol–water partition coefficient (Wildman–Crippen LogP) is 2.90. The molecule has 0 aliphatic heterocycles. The number of amides is 1. The Morgan fingerprint density at radius 2 is 1.88 bits per heavy atom. The lowest BCUT2D eigenvalue weighted by molar-refractivity contribution is -0.114. The lowest BCUT2D eigenvalue weighted by atomic mass is 10.1. The highest BCUT2D eigenvalue weighted by atomic mass is 16.5. The Morgan fingerprint density at radius 1 is 1.21 bits per heavy atom. The number of hydrogen-bond donors (Lipinski definition) is 1. The first-order valence-corrected chi connectivity index (χ1v) is 7.23. The fraction of sp³-hybridized carbons (Fsp3) is 0.167. The zero-order chi connectivity index (χ0) is 17.7. The van der Waals surface area contributed by atoms with E-state index in [-0.39, 0.29) is 17.6 Å². The van der Waals surface area contributed by atoms with Gasteiger partial charge in [0.25, 0.3) is 5.91 Å². The van der Waals surface area contributed by atoms with Gasteiger partial charge in [0.05, 0.1) is 11.7 Å². The number of nitrogens with zero attached hydrogens (tertiary/aromatic N) is 1. The second-order valence-corrected chi connectivity index (χ2v) is 5.27. The van der Waals surface area contributed by atoms with E-state index in [0.717, 1.165) is 5.56 Å². The fourth-order valence-electron chi connectivity index (χ4n) is 1.94. The Kier molecular flexibility index (Phi) is 5.17. The van der Waals surface area contributed by atoms with Gasteiger partial charge in [0.1, 0.15) is 23.2 Å². The third-order valence-corrected chi connectivity index (χ3v) is 3.05. The van der Waals surface area contributed by atoms with Crippen molar-refractivity contribution in [2.24, 2.45) is 5.73 Å². The molecule has 1 aromatic carbocycles. The Morgan fingerprint density at radius 3 is 2.42 bits per heavy atom. The van der Waals surface area contributed by atoms with Gasteiger partial charge in [0, 0.05) is 11.6 Å². The van der Waals surface area contributed by atoms with Crippen molar-refractivity contribution < 1.29 is 18.7 Å². The molecular weight excluding hydrogens is 308 g/mol. The average Bonchev–Trinajstić information content (AvgIpc) is 3.00. The summed E-state index contributed by atoms with van der Waals surface area (Å²) < 4.78 is 10.7. The minimum atomic E-state index is -0.816. The number of primary amides is 1. The van der Waals surface area contributed by atoms with Crippen molar-refractivity contribution >= 4 is 18.0 Å². The van der Waals surface area contributed by atoms with Crippen LogP contribution in [0, 0.1) is 11.3 Å². The van der Waals surface area contributed by atoms with Crippen molar-refractivity contribution in [3.05, 3.63) is 53.3 Å². The maximum absolute atomic E-state index is 11.8. The summed E-state index contributed by atoms with van der Waals surface area (Å²) in [5.74, 6) is -0.335. The van der Waals surface area contributed by atoms with Crippen LogP contribution in [0.25, 0.3) is 17.4 Å². The van der Waals surface area contributed by atoms with Crippen molar-refractivity contribution in [2.75, 3.05) is 0 Å². The molecule has 0 aliphatic rings. The van der Waals surface area contributed by atoms with Crippen LogP contribution >= 0.6 is 0 Å². The number of ether oxygens (including phenoxy) is 1. The summed E-state index contributed by atoms with van der Waals surface area (Å²) in [6.45, 7) is 3.57. The van der Waals surface area contributed by atoms with Crippen molar-refractivity contribution in [1.29, 1.82) is 5.26 Å². The van der Waals surface area contributed by atoms with E-state index in [2.05, 4.69) is 0 Å². The molecule has 0 aliphatic carbocycles. The molecule has 1 aromatic heterocycles. The monoisotopic (exact) mass is 324 g/mol. The number of rotatable bonds is 5. The van der Waals surface area contributed by atoms with Crippen LogP contribution in [0.15, 0.2) is 46.4 Å². The maximum Gasteiger partial charge on any atom is 0.338 e. The Hall–Kier alpha value is -3.33. The van der Waals surface area contributed by atoms with Crippen LogP contribution in [-0.4, -0.2) is 18.0 Å². The van der Waals surface area contributed by atoms with Gasteiger partial charge >= 0.3 is 5.97 Å². The molecule has 1 heterocycles. The zero-order valence-corrected chi connectivity index (χ0v) is 13.3. The van der Waals surface area contributed by atoms with E-state index in [1.54, 1.807) is 56.3 Å². The second-order valence-electron chi connectivity index (χ2n) is 5.27. The molecule has 0 saturated heterocycles. The summed E-state index contributed by atoms with van der Waals surface area (Å²) in [6.07, 6.45) is 1.09. The molecule has 0 saturated carbocycles. The fourth-order valence-corrected chi connectivity index (χ4v) is 1.94. The molecule has 0 fully saturated rings. The van der Waals surface area contributed by atoms with Crippen LogP contribution in [0.4, 0.5) is 0 Å². The van der Waals surface area contributed by atoms with Gasteiger partial charge in [-0.3, -0.25) is 4.79 Å². The Balaban J connectivity index is 2.20. The zero-order valence-electron chi connectivity index (χ0n) is 13.3. The summed E-state index contributed by atoms with van der Waals surface area (Å²) in [5, 5.41) is 8.82. The van der Waals surface area contributed by atoms with E-state index in [1.165, 1.54) is 6.08 Å². The molecule has 2 N–H and O–H groups in total. The van der Waals surface area contributed by atoms with Crippen LogP contribution in [0.3, 0.4) is 0 Å². The van der Waals surface area contributed by atoms with Crippen LogP contribution in [0.1, 0.15) is 30.0 Å². The van der Waals surface area contributed by atoms with E-state index in [0.29, 0.717) is 17.1 Å². The van der Waals surface area contributed by atoms with Gasteiger partial charge in [0.2, 0.25) is 0 Å². The van der Waals surface area contributed by atoms with Crippen LogP contribution in [0.2, 0.25) is 0 Å². The molecular formula is C18H16N2O4. The van der Waals surface area contributed by atoms with Crippen molar-refractivity contribution in [3.63, 3.8) is 0 Å². The molecule has 0 spiro atoms. The quantitative estimate of drug-likeness (QED) is 0.517. The molecule has 0 atom stereocenters. The van der Waals surface area contributed by atoms with Gasteiger partial charge in [0.15, 0.2) is 0 Å². The van der Waals surface area contributed by atoms with Gasteiger partial charge < -0.3 is 14.9 Å². The van der Waals surface area contributed by atoms with Gasteiger partial charge in [-0.05, 0) is 38.1 Å². The number of esters is 1. The summed E-state index contributed by atoms with van der Waals surface area (Å²) in [6, 6.07) is 11.8. The number of carbonyl (C=O) groups is 2. The third kappa shape index (κ3) is 4.11. The van der Waals surface area contributed by atoms with E-state index < -0.39 is 5.91 Å². The lowest BCUT2D eigenvalue weighted by Crippen LogP contribution is -2.12. The number of nitriles is 1. The standard InChI is InChI=1S/C18H16N2O4/c1-11(2)23-18(22)13-5-3-12(4-6-13)16-8-7-15(24-16)9-14(10-19)17(20)21/h3-9,11H,1-2H3,(H2,20,21). The molecule has 0 unspecified atom stereocenters. The maximum atomic E-state index is 11.8. The highest BCUT2D eigenvalue weighted by molar-refractivity contribution is 6.00. The molecule has 1 amide bonds. The first-order chi connectivity index (χ1) is 11.4. The van der Waals surface area contributed by atoms with Gasteiger partial charge in [-0.1, -0.05) is 12.1 Å². The average molecular weight is 324 g/mol. The van der Waals surface area contributed by atoms with Crippen molar-refractivity contribution in [3.8, 4) is 17.4 Å². The number of benzene rings is 1. The van der Waals surface area contributed by atoms with E-state index >= 15 is 0 Å². The highest BCUT2D eigenvalue weighted by Gasteiger charge is 2.11. The topological polar surface area (TPSA) is 106 Å².